The first-order chi connectivity index (χ1) is 10.2. The third-order valence-electron chi connectivity index (χ3n) is 3.96. The molecule has 0 aliphatic carbocycles. The first-order valence-electron chi connectivity index (χ1n) is 7.28. The molecular formula is C17H20BrN3. The molecule has 2 N–H and O–H groups in total. The quantitative estimate of drug-likeness (QED) is 0.865. The van der Waals surface area contributed by atoms with Crippen LogP contribution in [-0.2, 0) is 6.54 Å². The minimum Gasteiger partial charge on any atom is -0.399 e. The number of para-hydroxylation sites is 1. The van der Waals surface area contributed by atoms with E-state index in [1.165, 1.54) is 11.3 Å². The highest BCUT2D eigenvalue weighted by molar-refractivity contribution is 9.10. The van der Waals surface area contributed by atoms with Crippen LogP contribution in [0.2, 0.25) is 0 Å². The summed E-state index contributed by atoms with van der Waals surface area (Å²) in [5.74, 6) is 0. The van der Waals surface area contributed by atoms with Crippen molar-refractivity contribution >= 4 is 27.3 Å². The number of benzene rings is 2. The van der Waals surface area contributed by atoms with Crippen LogP contribution in [0.5, 0.6) is 0 Å². The first kappa shape index (κ1) is 14.4. The van der Waals surface area contributed by atoms with Crippen LogP contribution in [-0.4, -0.2) is 31.1 Å². The largest absolute Gasteiger partial charge is 0.399 e. The van der Waals surface area contributed by atoms with Crippen LogP contribution in [0.15, 0.2) is 53.0 Å². The standard InChI is InChI=1S/C17H20BrN3/c18-17-7-6-15(19)12-14(17)13-20-8-10-21(11-9-20)16-4-2-1-3-5-16/h1-7,12H,8-11,13,19H2. The lowest BCUT2D eigenvalue weighted by Crippen LogP contribution is -2.46. The summed E-state index contributed by atoms with van der Waals surface area (Å²) in [6, 6.07) is 16.7. The molecule has 21 heavy (non-hydrogen) atoms. The van der Waals surface area contributed by atoms with E-state index in [4.69, 9.17) is 5.73 Å². The van der Waals surface area contributed by atoms with Gasteiger partial charge in [0, 0.05) is 48.6 Å². The van der Waals surface area contributed by atoms with E-state index in [0.717, 1.165) is 42.9 Å². The maximum absolute atomic E-state index is 5.88. The van der Waals surface area contributed by atoms with Gasteiger partial charge in [0.05, 0.1) is 0 Å². The van der Waals surface area contributed by atoms with Gasteiger partial charge in [-0.2, -0.15) is 0 Å². The van der Waals surface area contributed by atoms with Gasteiger partial charge < -0.3 is 10.6 Å². The van der Waals surface area contributed by atoms with Gasteiger partial charge in [-0.3, -0.25) is 4.90 Å². The van der Waals surface area contributed by atoms with Gasteiger partial charge in [-0.1, -0.05) is 34.1 Å². The summed E-state index contributed by atoms with van der Waals surface area (Å²) < 4.78 is 1.14. The molecule has 0 unspecified atom stereocenters. The van der Waals surface area contributed by atoms with E-state index in [1.807, 2.05) is 12.1 Å². The molecule has 0 saturated carbocycles. The van der Waals surface area contributed by atoms with Gasteiger partial charge in [0.2, 0.25) is 0 Å². The topological polar surface area (TPSA) is 32.5 Å². The van der Waals surface area contributed by atoms with Crippen LogP contribution in [0.3, 0.4) is 0 Å². The summed E-state index contributed by atoms with van der Waals surface area (Å²) in [7, 11) is 0. The summed E-state index contributed by atoms with van der Waals surface area (Å²) in [5.41, 5.74) is 9.30. The summed E-state index contributed by atoms with van der Waals surface area (Å²) in [5, 5.41) is 0. The maximum atomic E-state index is 5.88. The highest BCUT2D eigenvalue weighted by Gasteiger charge is 2.17. The lowest BCUT2D eigenvalue weighted by atomic mass is 10.1. The van der Waals surface area contributed by atoms with Gasteiger partial charge in [-0.05, 0) is 35.9 Å². The van der Waals surface area contributed by atoms with Gasteiger partial charge in [0.1, 0.15) is 0 Å². The number of nitrogens with two attached hydrogens (primary N) is 1. The van der Waals surface area contributed by atoms with Crippen molar-refractivity contribution in [2.24, 2.45) is 0 Å². The normalized spacial score (nSPS) is 16.1. The fourth-order valence-corrected chi connectivity index (χ4v) is 3.13. The van der Waals surface area contributed by atoms with E-state index >= 15 is 0 Å². The summed E-state index contributed by atoms with van der Waals surface area (Å²) in [4.78, 5) is 4.93. The van der Waals surface area contributed by atoms with Crippen molar-refractivity contribution in [1.82, 2.24) is 4.90 Å². The predicted octanol–water partition coefficient (Wildman–Crippen LogP) is 3.35. The summed E-state index contributed by atoms with van der Waals surface area (Å²) in [6.07, 6.45) is 0. The molecule has 0 atom stereocenters. The van der Waals surface area contributed by atoms with Gasteiger partial charge in [-0.15, -0.1) is 0 Å². The zero-order chi connectivity index (χ0) is 14.7. The van der Waals surface area contributed by atoms with Crippen LogP contribution in [0, 0.1) is 0 Å². The number of anilines is 2. The lowest BCUT2D eigenvalue weighted by Gasteiger charge is -2.36. The van der Waals surface area contributed by atoms with Crippen LogP contribution >= 0.6 is 15.9 Å². The Morgan fingerprint density at radius 3 is 2.38 bits per heavy atom. The summed E-state index contributed by atoms with van der Waals surface area (Å²) in [6.45, 7) is 5.26. The minimum atomic E-state index is 0.830. The Balaban J connectivity index is 1.60. The second-order valence-electron chi connectivity index (χ2n) is 5.45. The van der Waals surface area contributed by atoms with Gasteiger partial charge in [-0.25, -0.2) is 0 Å². The molecular weight excluding hydrogens is 326 g/mol. The van der Waals surface area contributed by atoms with Crippen LogP contribution < -0.4 is 10.6 Å². The SMILES string of the molecule is Nc1ccc(Br)c(CN2CCN(c3ccccc3)CC2)c1. The van der Waals surface area contributed by atoms with Crippen molar-refractivity contribution in [1.29, 1.82) is 0 Å². The van der Waals surface area contributed by atoms with Gasteiger partial charge in [0.25, 0.3) is 0 Å². The number of halogens is 1. The molecule has 4 heteroatoms. The average molecular weight is 346 g/mol. The molecule has 0 radical (unpaired) electrons. The van der Waals surface area contributed by atoms with Crippen LogP contribution in [0.4, 0.5) is 11.4 Å². The zero-order valence-electron chi connectivity index (χ0n) is 12.0. The number of nitrogen functional groups attached to an aromatic ring is 1. The van der Waals surface area contributed by atoms with E-state index in [0.29, 0.717) is 0 Å². The maximum Gasteiger partial charge on any atom is 0.0367 e. The smallest absolute Gasteiger partial charge is 0.0367 e. The Morgan fingerprint density at radius 1 is 0.952 bits per heavy atom. The average Bonchev–Trinajstić information content (AvgIpc) is 2.53. The van der Waals surface area contributed by atoms with Gasteiger partial charge >= 0.3 is 0 Å². The molecule has 1 saturated heterocycles. The fourth-order valence-electron chi connectivity index (χ4n) is 2.76. The lowest BCUT2D eigenvalue weighted by molar-refractivity contribution is 0.249. The molecule has 0 aromatic heterocycles. The van der Waals surface area contributed by atoms with Crippen molar-refractivity contribution in [3.05, 3.63) is 58.6 Å². The highest BCUT2D eigenvalue weighted by atomic mass is 79.9. The number of hydrogen-bond donors (Lipinski definition) is 1. The van der Waals surface area contributed by atoms with Crippen molar-refractivity contribution in [3.63, 3.8) is 0 Å². The molecule has 2 aromatic rings. The van der Waals surface area contributed by atoms with Crippen molar-refractivity contribution in [2.45, 2.75) is 6.54 Å². The molecule has 1 aliphatic heterocycles. The molecule has 1 heterocycles. The molecule has 3 rings (SSSR count). The Labute approximate surface area is 134 Å². The van der Waals surface area contributed by atoms with Crippen LogP contribution in [0.1, 0.15) is 5.56 Å². The van der Waals surface area contributed by atoms with Crippen molar-refractivity contribution in [3.8, 4) is 0 Å². The minimum absolute atomic E-state index is 0.830. The third kappa shape index (κ3) is 3.57. The second kappa shape index (κ2) is 6.50. The molecule has 0 spiro atoms. The van der Waals surface area contributed by atoms with Gasteiger partial charge in [0.15, 0.2) is 0 Å². The van der Waals surface area contributed by atoms with E-state index in [2.05, 4.69) is 62.1 Å². The van der Waals surface area contributed by atoms with Crippen molar-refractivity contribution in [2.75, 3.05) is 36.8 Å². The molecule has 2 aromatic carbocycles. The van der Waals surface area contributed by atoms with Crippen molar-refractivity contribution < 1.29 is 0 Å². The molecule has 0 bridgehead atoms. The Morgan fingerprint density at radius 2 is 1.67 bits per heavy atom. The van der Waals surface area contributed by atoms with E-state index < -0.39 is 0 Å². The predicted molar refractivity (Wildman–Crippen MR) is 92.5 cm³/mol. The fraction of sp³-hybridized carbons (Fsp3) is 0.294. The monoisotopic (exact) mass is 345 g/mol. The number of hydrogen-bond acceptors (Lipinski definition) is 3. The number of rotatable bonds is 3. The molecule has 0 amide bonds. The third-order valence-corrected chi connectivity index (χ3v) is 4.73. The summed E-state index contributed by atoms with van der Waals surface area (Å²) >= 11 is 3.61. The first-order valence-corrected chi connectivity index (χ1v) is 8.08. The second-order valence-corrected chi connectivity index (χ2v) is 6.30. The Hall–Kier alpha value is -1.52. The molecule has 1 aliphatic rings. The number of piperazine rings is 1. The van der Waals surface area contributed by atoms with E-state index in [-0.39, 0.29) is 0 Å². The Kier molecular flexibility index (Phi) is 4.46. The van der Waals surface area contributed by atoms with E-state index in [9.17, 15) is 0 Å². The van der Waals surface area contributed by atoms with Crippen LogP contribution in [0.25, 0.3) is 0 Å². The number of nitrogens with zero attached hydrogens (tertiary/aromatic N) is 2. The zero-order valence-corrected chi connectivity index (χ0v) is 13.6. The highest BCUT2D eigenvalue weighted by Crippen LogP contribution is 2.22. The molecule has 110 valence electrons. The molecule has 3 nitrogen and oxygen atoms in total. The Bertz CT molecular complexity index is 592. The van der Waals surface area contributed by atoms with E-state index in [1.54, 1.807) is 0 Å². The molecule has 1 fully saturated rings.